The number of likely N-dealkylation sites (tertiary alicyclic amines) is 1. The van der Waals surface area contributed by atoms with E-state index in [1.165, 1.54) is 5.56 Å². The molecule has 1 aromatic rings. The van der Waals surface area contributed by atoms with E-state index in [-0.39, 0.29) is 11.7 Å². The minimum absolute atomic E-state index is 0.215. The molecule has 0 radical (unpaired) electrons. The molecule has 0 N–H and O–H groups in total. The minimum atomic E-state index is 0.215. The lowest BCUT2D eigenvalue weighted by atomic mass is 9.91. The highest BCUT2D eigenvalue weighted by Crippen LogP contribution is 2.28. The topological polar surface area (TPSA) is 29.5 Å². The number of ketones is 1. The van der Waals surface area contributed by atoms with Crippen LogP contribution in [0, 0.1) is 11.8 Å². The third-order valence-electron chi connectivity index (χ3n) is 3.76. The van der Waals surface area contributed by atoms with Crippen LogP contribution in [0.15, 0.2) is 30.3 Å². The van der Waals surface area contributed by atoms with Gasteiger partial charge in [-0.3, -0.25) is 9.69 Å². The van der Waals surface area contributed by atoms with Gasteiger partial charge in [-0.1, -0.05) is 30.3 Å². The molecule has 2 saturated heterocycles. The molecule has 2 aliphatic rings. The van der Waals surface area contributed by atoms with E-state index >= 15 is 0 Å². The molecule has 3 rings (SSSR count). The Morgan fingerprint density at radius 1 is 1.24 bits per heavy atom. The summed E-state index contributed by atoms with van der Waals surface area (Å²) in [5.74, 6) is 0.921. The maximum atomic E-state index is 11.7. The van der Waals surface area contributed by atoms with Crippen molar-refractivity contribution in [1.29, 1.82) is 0 Å². The van der Waals surface area contributed by atoms with Crippen LogP contribution in [0.2, 0.25) is 0 Å². The van der Waals surface area contributed by atoms with Gasteiger partial charge in [-0.05, 0) is 5.56 Å². The molecule has 2 fully saturated rings. The van der Waals surface area contributed by atoms with Crippen molar-refractivity contribution in [2.24, 2.45) is 11.8 Å². The average molecular weight is 231 g/mol. The van der Waals surface area contributed by atoms with Crippen LogP contribution >= 0.6 is 0 Å². The number of nitrogens with zero attached hydrogens (tertiary/aromatic N) is 1. The number of Topliss-reactive ketones (excluding diaryl/α,β-unsaturated/α-hetero) is 1. The summed E-state index contributed by atoms with van der Waals surface area (Å²) in [5, 5.41) is 0. The van der Waals surface area contributed by atoms with Gasteiger partial charge in [-0.25, -0.2) is 0 Å². The summed E-state index contributed by atoms with van der Waals surface area (Å²) in [6, 6.07) is 10.4. The van der Waals surface area contributed by atoms with Crippen molar-refractivity contribution < 1.29 is 9.53 Å². The Hall–Kier alpha value is -1.19. The molecular formula is C14H17NO2. The van der Waals surface area contributed by atoms with E-state index in [2.05, 4.69) is 29.2 Å². The van der Waals surface area contributed by atoms with E-state index in [0.29, 0.717) is 12.5 Å². The predicted octanol–water partition coefficient (Wildman–Crippen LogP) is 1.33. The van der Waals surface area contributed by atoms with Gasteiger partial charge in [-0.2, -0.15) is 0 Å². The fourth-order valence-corrected chi connectivity index (χ4v) is 2.88. The Morgan fingerprint density at radius 2 is 2.06 bits per heavy atom. The largest absolute Gasteiger partial charge is 0.373 e. The van der Waals surface area contributed by atoms with Crippen LogP contribution in [0.5, 0.6) is 0 Å². The van der Waals surface area contributed by atoms with Crippen molar-refractivity contribution in [2.45, 2.75) is 6.54 Å². The third kappa shape index (κ3) is 2.26. The molecule has 2 heterocycles. The number of hydrogen-bond donors (Lipinski definition) is 0. The highest BCUT2D eigenvalue weighted by atomic mass is 16.5. The molecular weight excluding hydrogens is 214 g/mol. The minimum Gasteiger partial charge on any atom is -0.373 e. The standard InChI is InChI=1S/C14H17NO2/c16-14-10-17-9-12-7-15(8-13(12)14)6-11-4-2-1-3-5-11/h1-5,12-13H,6-10H2. The molecule has 0 aromatic heterocycles. The van der Waals surface area contributed by atoms with E-state index in [1.807, 2.05) is 6.07 Å². The third-order valence-corrected chi connectivity index (χ3v) is 3.76. The quantitative estimate of drug-likeness (QED) is 0.769. The SMILES string of the molecule is O=C1COCC2CN(Cc3ccccc3)CC12. The van der Waals surface area contributed by atoms with Gasteiger partial charge in [0.05, 0.1) is 6.61 Å². The normalized spacial score (nSPS) is 29.3. The Morgan fingerprint density at radius 3 is 2.82 bits per heavy atom. The van der Waals surface area contributed by atoms with Gasteiger partial charge in [0.15, 0.2) is 5.78 Å². The Bertz CT molecular complexity index is 404. The van der Waals surface area contributed by atoms with E-state index in [0.717, 1.165) is 26.2 Å². The summed E-state index contributed by atoms with van der Waals surface area (Å²) < 4.78 is 5.32. The lowest BCUT2D eigenvalue weighted by Crippen LogP contribution is -2.34. The number of ether oxygens (including phenoxy) is 1. The average Bonchev–Trinajstić information content (AvgIpc) is 2.74. The van der Waals surface area contributed by atoms with Gasteiger partial charge in [0.25, 0.3) is 0 Å². The van der Waals surface area contributed by atoms with Crippen molar-refractivity contribution in [3.8, 4) is 0 Å². The maximum absolute atomic E-state index is 11.7. The number of fused-ring (bicyclic) bond motifs is 1. The number of hydrogen-bond acceptors (Lipinski definition) is 3. The molecule has 0 spiro atoms. The lowest BCUT2D eigenvalue weighted by Gasteiger charge is -2.22. The van der Waals surface area contributed by atoms with Gasteiger partial charge in [0.1, 0.15) is 6.61 Å². The van der Waals surface area contributed by atoms with Crippen molar-refractivity contribution in [2.75, 3.05) is 26.3 Å². The van der Waals surface area contributed by atoms with E-state index in [1.54, 1.807) is 0 Å². The second-order valence-electron chi connectivity index (χ2n) is 5.03. The molecule has 3 heteroatoms. The highest BCUT2D eigenvalue weighted by Gasteiger charge is 2.39. The Balaban J connectivity index is 1.66. The molecule has 0 amide bonds. The second-order valence-corrected chi connectivity index (χ2v) is 5.03. The summed E-state index contributed by atoms with van der Waals surface area (Å²) in [6.07, 6.45) is 0. The monoisotopic (exact) mass is 231 g/mol. The van der Waals surface area contributed by atoms with Crippen LogP contribution in [0.4, 0.5) is 0 Å². The van der Waals surface area contributed by atoms with Crippen molar-refractivity contribution in [3.63, 3.8) is 0 Å². The molecule has 0 aliphatic carbocycles. The Labute approximate surface area is 101 Å². The van der Waals surface area contributed by atoms with Gasteiger partial charge >= 0.3 is 0 Å². The zero-order valence-electron chi connectivity index (χ0n) is 9.84. The van der Waals surface area contributed by atoms with Crippen LogP contribution in [0.25, 0.3) is 0 Å². The molecule has 1 aromatic carbocycles. The molecule has 0 bridgehead atoms. The van der Waals surface area contributed by atoms with Crippen molar-refractivity contribution >= 4 is 5.78 Å². The van der Waals surface area contributed by atoms with Crippen LogP contribution in [0.1, 0.15) is 5.56 Å². The van der Waals surface area contributed by atoms with Crippen LogP contribution in [-0.2, 0) is 16.1 Å². The summed E-state index contributed by atoms with van der Waals surface area (Å²) in [4.78, 5) is 14.1. The molecule has 3 nitrogen and oxygen atoms in total. The number of benzene rings is 1. The maximum Gasteiger partial charge on any atom is 0.163 e. The van der Waals surface area contributed by atoms with Gasteiger partial charge in [0.2, 0.25) is 0 Å². The van der Waals surface area contributed by atoms with Crippen LogP contribution in [-0.4, -0.2) is 37.0 Å². The fourth-order valence-electron chi connectivity index (χ4n) is 2.88. The second kappa shape index (κ2) is 4.59. The molecule has 2 aliphatic heterocycles. The zero-order chi connectivity index (χ0) is 11.7. The van der Waals surface area contributed by atoms with Gasteiger partial charge in [-0.15, -0.1) is 0 Å². The predicted molar refractivity (Wildman–Crippen MR) is 64.5 cm³/mol. The summed E-state index contributed by atoms with van der Waals surface area (Å²) in [6.45, 7) is 3.91. The first-order valence-corrected chi connectivity index (χ1v) is 6.19. The lowest BCUT2D eigenvalue weighted by molar-refractivity contribution is -0.134. The fraction of sp³-hybridized carbons (Fsp3) is 0.500. The van der Waals surface area contributed by atoms with Crippen molar-refractivity contribution in [1.82, 2.24) is 4.90 Å². The molecule has 2 unspecified atom stereocenters. The van der Waals surface area contributed by atoms with Gasteiger partial charge < -0.3 is 4.74 Å². The molecule has 0 saturated carbocycles. The first kappa shape index (κ1) is 10.9. The zero-order valence-corrected chi connectivity index (χ0v) is 9.84. The number of rotatable bonds is 2. The first-order chi connectivity index (χ1) is 8.33. The van der Waals surface area contributed by atoms with E-state index < -0.39 is 0 Å². The van der Waals surface area contributed by atoms with E-state index in [4.69, 9.17) is 4.74 Å². The summed E-state index contributed by atoms with van der Waals surface area (Å²) in [5.41, 5.74) is 1.32. The van der Waals surface area contributed by atoms with Crippen LogP contribution in [0.3, 0.4) is 0 Å². The van der Waals surface area contributed by atoms with Gasteiger partial charge in [0, 0.05) is 31.5 Å². The summed E-state index contributed by atoms with van der Waals surface area (Å²) in [7, 11) is 0. The molecule has 17 heavy (non-hydrogen) atoms. The molecule has 2 atom stereocenters. The number of carbonyl (C=O) groups excluding carboxylic acids is 1. The first-order valence-electron chi connectivity index (χ1n) is 6.19. The Kier molecular flexibility index (Phi) is 2.95. The van der Waals surface area contributed by atoms with E-state index in [9.17, 15) is 4.79 Å². The highest BCUT2D eigenvalue weighted by molar-refractivity contribution is 5.83. The molecule has 90 valence electrons. The van der Waals surface area contributed by atoms with Crippen LogP contribution < -0.4 is 0 Å². The smallest absolute Gasteiger partial charge is 0.163 e. The summed E-state index contributed by atoms with van der Waals surface area (Å²) >= 11 is 0. The number of carbonyl (C=O) groups is 1. The van der Waals surface area contributed by atoms with Crippen molar-refractivity contribution in [3.05, 3.63) is 35.9 Å².